The van der Waals surface area contributed by atoms with Crippen molar-refractivity contribution in [1.29, 1.82) is 0 Å². The Bertz CT molecular complexity index is 566. The zero-order chi connectivity index (χ0) is 16.9. The predicted molar refractivity (Wildman–Crippen MR) is 90.8 cm³/mol. The molecule has 0 fully saturated rings. The number of alkyl carbamates (subject to hydrolysis) is 1. The summed E-state index contributed by atoms with van der Waals surface area (Å²) in [5.74, 6) is 0. The quantitative estimate of drug-likeness (QED) is 0.790. The minimum atomic E-state index is -0.499. The highest BCUT2D eigenvalue weighted by Gasteiger charge is 2.37. The van der Waals surface area contributed by atoms with Crippen molar-refractivity contribution in [1.82, 2.24) is 5.32 Å². The molecule has 0 saturated heterocycles. The lowest BCUT2D eigenvalue weighted by atomic mass is 9.75. The first-order valence-corrected chi connectivity index (χ1v) is 8.10. The van der Waals surface area contributed by atoms with Gasteiger partial charge >= 0.3 is 6.09 Å². The van der Waals surface area contributed by atoms with E-state index < -0.39 is 11.7 Å². The van der Waals surface area contributed by atoms with E-state index in [0.29, 0.717) is 13.0 Å². The summed E-state index contributed by atoms with van der Waals surface area (Å²) in [5, 5.41) is 6.24. The van der Waals surface area contributed by atoms with Crippen molar-refractivity contribution in [3.63, 3.8) is 0 Å². The van der Waals surface area contributed by atoms with Gasteiger partial charge in [0.2, 0.25) is 0 Å². The van der Waals surface area contributed by atoms with E-state index >= 15 is 0 Å². The SMILES string of the molecule is CC(C)(C)OC(=O)NCCC1(CCC=O)CNc2ccccc21. The molecule has 0 saturated carbocycles. The molecule has 5 heteroatoms. The maximum Gasteiger partial charge on any atom is 0.407 e. The molecule has 1 aromatic rings. The molecule has 0 spiro atoms. The molecule has 0 aliphatic carbocycles. The van der Waals surface area contributed by atoms with Crippen LogP contribution in [0.2, 0.25) is 0 Å². The van der Waals surface area contributed by atoms with Gasteiger partial charge in [-0.25, -0.2) is 4.79 Å². The van der Waals surface area contributed by atoms with Crippen LogP contribution in [0.3, 0.4) is 0 Å². The number of aldehydes is 1. The number of carbonyl (C=O) groups excluding carboxylic acids is 2. The fourth-order valence-electron chi connectivity index (χ4n) is 3.08. The molecule has 1 atom stereocenters. The van der Waals surface area contributed by atoms with E-state index in [1.807, 2.05) is 32.9 Å². The fraction of sp³-hybridized carbons (Fsp3) is 0.556. The summed E-state index contributed by atoms with van der Waals surface area (Å²) in [6.45, 7) is 6.83. The number of para-hydroxylation sites is 1. The lowest BCUT2D eigenvalue weighted by Crippen LogP contribution is -2.37. The Hall–Kier alpha value is -2.04. The maximum absolute atomic E-state index is 11.8. The summed E-state index contributed by atoms with van der Waals surface area (Å²) < 4.78 is 5.26. The van der Waals surface area contributed by atoms with Gasteiger partial charge in [0.1, 0.15) is 11.9 Å². The Morgan fingerprint density at radius 3 is 2.78 bits per heavy atom. The number of fused-ring (bicyclic) bond motifs is 1. The standard InChI is InChI=1S/C18H26N2O3/c1-17(2,3)23-16(22)19-11-10-18(9-6-12-21)13-20-15-8-5-4-7-14(15)18/h4-5,7-8,12,20H,6,9-11,13H2,1-3H3,(H,19,22). The van der Waals surface area contributed by atoms with Crippen molar-refractivity contribution in [2.45, 2.75) is 51.0 Å². The summed E-state index contributed by atoms with van der Waals surface area (Å²) in [7, 11) is 0. The highest BCUT2D eigenvalue weighted by Crippen LogP contribution is 2.42. The normalized spacial score (nSPS) is 19.6. The zero-order valence-corrected chi connectivity index (χ0v) is 14.1. The van der Waals surface area contributed by atoms with Crippen LogP contribution in [0, 0.1) is 0 Å². The number of ether oxygens (including phenoxy) is 1. The molecule has 2 rings (SSSR count). The molecule has 126 valence electrons. The number of amides is 1. The van der Waals surface area contributed by atoms with Gasteiger partial charge in [0.05, 0.1) is 0 Å². The summed E-state index contributed by atoms with van der Waals surface area (Å²) in [6.07, 6.45) is 2.62. The molecule has 23 heavy (non-hydrogen) atoms. The Kier molecular flexibility index (Phi) is 5.29. The van der Waals surface area contributed by atoms with Gasteiger partial charge < -0.3 is 20.2 Å². The lowest BCUT2D eigenvalue weighted by molar-refractivity contribution is -0.108. The first-order chi connectivity index (χ1) is 10.9. The number of carbonyl (C=O) groups is 2. The van der Waals surface area contributed by atoms with E-state index in [0.717, 1.165) is 31.4 Å². The van der Waals surface area contributed by atoms with Crippen LogP contribution in [0.5, 0.6) is 0 Å². The van der Waals surface area contributed by atoms with Gasteiger partial charge in [-0.3, -0.25) is 0 Å². The highest BCUT2D eigenvalue weighted by molar-refractivity contribution is 5.67. The van der Waals surface area contributed by atoms with Gasteiger partial charge in [-0.05, 0) is 45.2 Å². The van der Waals surface area contributed by atoms with Crippen LogP contribution < -0.4 is 10.6 Å². The second-order valence-corrected chi connectivity index (χ2v) is 7.06. The van der Waals surface area contributed by atoms with Gasteiger partial charge in [-0.1, -0.05) is 18.2 Å². The molecule has 0 bridgehead atoms. The second kappa shape index (κ2) is 7.02. The van der Waals surface area contributed by atoms with Crippen molar-refractivity contribution < 1.29 is 14.3 Å². The fourth-order valence-corrected chi connectivity index (χ4v) is 3.08. The molecule has 1 aliphatic heterocycles. The van der Waals surface area contributed by atoms with Crippen LogP contribution in [-0.2, 0) is 14.9 Å². The summed E-state index contributed by atoms with van der Waals surface area (Å²) in [4.78, 5) is 22.6. The highest BCUT2D eigenvalue weighted by atomic mass is 16.6. The van der Waals surface area contributed by atoms with Crippen molar-refractivity contribution in [2.75, 3.05) is 18.4 Å². The third kappa shape index (κ3) is 4.47. The smallest absolute Gasteiger partial charge is 0.407 e. The summed E-state index contributed by atoms with van der Waals surface area (Å²) in [6, 6.07) is 8.18. The van der Waals surface area contributed by atoms with Gasteiger partial charge in [0, 0.05) is 30.6 Å². The molecule has 1 aliphatic rings. The minimum Gasteiger partial charge on any atom is -0.444 e. The van der Waals surface area contributed by atoms with E-state index in [-0.39, 0.29) is 5.41 Å². The predicted octanol–water partition coefficient (Wildman–Crippen LogP) is 3.24. The number of hydrogen-bond donors (Lipinski definition) is 2. The van der Waals surface area contributed by atoms with Crippen LogP contribution in [0.15, 0.2) is 24.3 Å². The van der Waals surface area contributed by atoms with Crippen LogP contribution in [0.25, 0.3) is 0 Å². The van der Waals surface area contributed by atoms with Crippen LogP contribution in [0.1, 0.15) is 45.6 Å². The molecule has 1 amide bonds. The van der Waals surface area contributed by atoms with Gasteiger partial charge in [0.25, 0.3) is 0 Å². The number of benzene rings is 1. The largest absolute Gasteiger partial charge is 0.444 e. The van der Waals surface area contributed by atoms with E-state index in [4.69, 9.17) is 4.74 Å². The van der Waals surface area contributed by atoms with E-state index in [1.54, 1.807) is 0 Å². The average molecular weight is 318 g/mol. The molecule has 0 radical (unpaired) electrons. The molecule has 2 N–H and O–H groups in total. The summed E-state index contributed by atoms with van der Waals surface area (Å²) in [5.41, 5.74) is 1.73. The van der Waals surface area contributed by atoms with Gasteiger partial charge in [-0.15, -0.1) is 0 Å². The van der Waals surface area contributed by atoms with E-state index in [9.17, 15) is 9.59 Å². The van der Waals surface area contributed by atoms with E-state index in [1.165, 1.54) is 5.56 Å². The molecule has 1 heterocycles. The van der Waals surface area contributed by atoms with Crippen LogP contribution in [-0.4, -0.2) is 31.1 Å². The summed E-state index contributed by atoms with van der Waals surface area (Å²) >= 11 is 0. The minimum absolute atomic E-state index is 0.119. The Balaban J connectivity index is 2.01. The maximum atomic E-state index is 11.8. The van der Waals surface area contributed by atoms with Crippen molar-refractivity contribution in [2.24, 2.45) is 0 Å². The third-order valence-electron chi connectivity index (χ3n) is 4.13. The van der Waals surface area contributed by atoms with E-state index in [2.05, 4.69) is 22.8 Å². The Labute approximate surface area is 137 Å². The van der Waals surface area contributed by atoms with Crippen LogP contribution >= 0.6 is 0 Å². The van der Waals surface area contributed by atoms with Gasteiger partial charge in [0.15, 0.2) is 0 Å². The second-order valence-electron chi connectivity index (χ2n) is 7.06. The van der Waals surface area contributed by atoms with Crippen molar-refractivity contribution in [3.05, 3.63) is 29.8 Å². The topological polar surface area (TPSA) is 67.4 Å². The number of hydrogen-bond acceptors (Lipinski definition) is 4. The average Bonchev–Trinajstić information content (AvgIpc) is 2.83. The first-order valence-electron chi connectivity index (χ1n) is 8.10. The zero-order valence-electron chi connectivity index (χ0n) is 14.1. The van der Waals surface area contributed by atoms with Crippen LogP contribution in [0.4, 0.5) is 10.5 Å². The number of nitrogens with one attached hydrogen (secondary N) is 2. The molecular weight excluding hydrogens is 292 g/mol. The number of rotatable bonds is 6. The third-order valence-corrected chi connectivity index (χ3v) is 4.13. The Morgan fingerprint density at radius 2 is 2.09 bits per heavy atom. The Morgan fingerprint density at radius 1 is 1.35 bits per heavy atom. The van der Waals surface area contributed by atoms with Crippen molar-refractivity contribution >= 4 is 18.1 Å². The monoisotopic (exact) mass is 318 g/mol. The lowest BCUT2D eigenvalue weighted by Gasteiger charge is -2.29. The first kappa shape index (κ1) is 17.3. The molecule has 1 aromatic carbocycles. The number of anilines is 1. The molecule has 5 nitrogen and oxygen atoms in total. The molecular formula is C18H26N2O3. The molecule has 1 unspecified atom stereocenters. The van der Waals surface area contributed by atoms with Gasteiger partial charge in [-0.2, -0.15) is 0 Å². The molecule has 0 aromatic heterocycles. The van der Waals surface area contributed by atoms with Crippen molar-refractivity contribution in [3.8, 4) is 0 Å².